The van der Waals surface area contributed by atoms with Gasteiger partial charge in [-0.25, -0.2) is 0 Å². The summed E-state index contributed by atoms with van der Waals surface area (Å²) >= 11 is 0. The number of ether oxygens (including phenoxy) is 2. The molecule has 1 unspecified atom stereocenters. The summed E-state index contributed by atoms with van der Waals surface area (Å²) in [5.74, 6) is 2.96. The first kappa shape index (κ1) is 13.3. The summed E-state index contributed by atoms with van der Waals surface area (Å²) < 4.78 is 10.5. The van der Waals surface area contributed by atoms with Gasteiger partial charge in [-0.05, 0) is 12.1 Å². The molecule has 0 bridgehead atoms. The highest BCUT2D eigenvalue weighted by molar-refractivity contribution is 6.00. The molecular weight excluding hydrogens is 272 g/mol. The highest BCUT2D eigenvalue weighted by Crippen LogP contribution is 2.37. The molecule has 2 aliphatic heterocycles. The van der Waals surface area contributed by atoms with Gasteiger partial charge in [-0.2, -0.15) is 0 Å². The standard InChI is InChI=1S/C15H14N2O4/c1-2-5-16-15(19)10-6-14(18)17(8-10)11-3-4-12-13(7-11)21-9-20-12/h1,3-4,7,10H,5-6,8-9H2,(H,16,19). The molecule has 2 amide bonds. The number of terminal acetylenes is 1. The molecule has 0 radical (unpaired) electrons. The van der Waals surface area contributed by atoms with Crippen LogP contribution in [0.5, 0.6) is 11.5 Å². The highest BCUT2D eigenvalue weighted by Gasteiger charge is 2.35. The van der Waals surface area contributed by atoms with E-state index in [0.29, 0.717) is 23.7 Å². The molecule has 1 atom stereocenters. The third-order valence-corrected chi connectivity index (χ3v) is 3.53. The number of benzene rings is 1. The number of nitrogens with zero attached hydrogens (tertiary/aromatic N) is 1. The Morgan fingerprint density at radius 2 is 2.24 bits per heavy atom. The van der Waals surface area contributed by atoms with Crippen molar-refractivity contribution in [2.45, 2.75) is 6.42 Å². The fraction of sp³-hybridized carbons (Fsp3) is 0.333. The van der Waals surface area contributed by atoms with Crippen molar-refractivity contribution < 1.29 is 19.1 Å². The summed E-state index contributed by atoms with van der Waals surface area (Å²) in [7, 11) is 0. The van der Waals surface area contributed by atoms with Crippen molar-refractivity contribution in [1.29, 1.82) is 0 Å². The summed E-state index contributed by atoms with van der Waals surface area (Å²) in [5.41, 5.74) is 0.705. The van der Waals surface area contributed by atoms with Crippen molar-refractivity contribution >= 4 is 17.5 Å². The molecule has 108 valence electrons. The van der Waals surface area contributed by atoms with E-state index in [2.05, 4.69) is 11.2 Å². The number of carbonyl (C=O) groups excluding carboxylic acids is 2. The first-order valence-corrected chi connectivity index (χ1v) is 6.60. The molecule has 3 rings (SSSR count). The maximum absolute atomic E-state index is 12.1. The molecule has 2 aliphatic rings. The van der Waals surface area contributed by atoms with Crippen molar-refractivity contribution in [3.63, 3.8) is 0 Å². The fourth-order valence-corrected chi connectivity index (χ4v) is 2.47. The Labute approximate surface area is 122 Å². The van der Waals surface area contributed by atoms with Crippen molar-refractivity contribution in [3.05, 3.63) is 18.2 Å². The third-order valence-electron chi connectivity index (χ3n) is 3.53. The number of anilines is 1. The summed E-state index contributed by atoms with van der Waals surface area (Å²) in [5, 5.41) is 2.61. The van der Waals surface area contributed by atoms with Crippen molar-refractivity contribution in [2.75, 3.05) is 24.8 Å². The molecule has 21 heavy (non-hydrogen) atoms. The zero-order chi connectivity index (χ0) is 14.8. The van der Waals surface area contributed by atoms with Gasteiger partial charge in [0.25, 0.3) is 0 Å². The Balaban J connectivity index is 1.73. The maximum Gasteiger partial charge on any atom is 0.231 e. The van der Waals surface area contributed by atoms with Crippen molar-refractivity contribution in [3.8, 4) is 23.8 Å². The van der Waals surface area contributed by atoms with Crippen LogP contribution in [0.3, 0.4) is 0 Å². The van der Waals surface area contributed by atoms with E-state index < -0.39 is 0 Å². The van der Waals surface area contributed by atoms with E-state index in [4.69, 9.17) is 15.9 Å². The average Bonchev–Trinajstić information content (AvgIpc) is 3.10. The quantitative estimate of drug-likeness (QED) is 0.823. The van der Waals surface area contributed by atoms with Crippen LogP contribution in [-0.4, -0.2) is 31.7 Å². The summed E-state index contributed by atoms with van der Waals surface area (Å²) in [6, 6.07) is 5.30. The van der Waals surface area contributed by atoms with Gasteiger partial charge >= 0.3 is 0 Å². The van der Waals surface area contributed by atoms with Crippen molar-refractivity contribution in [2.24, 2.45) is 5.92 Å². The second kappa shape index (κ2) is 5.37. The van der Waals surface area contributed by atoms with Gasteiger partial charge in [-0.1, -0.05) is 5.92 Å². The average molecular weight is 286 g/mol. The molecular formula is C15H14N2O4. The lowest BCUT2D eigenvalue weighted by atomic mass is 10.1. The number of fused-ring (bicyclic) bond motifs is 1. The molecule has 1 aromatic rings. The monoisotopic (exact) mass is 286 g/mol. The summed E-state index contributed by atoms with van der Waals surface area (Å²) in [6.45, 7) is 0.701. The van der Waals surface area contributed by atoms with Crippen LogP contribution >= 0.6 is 0 Å². The van der Waals surface area contributed by atoms with E-state index in [1.54, 1.807) is 23.1 Å². The second-order valence-electron chi connectivity index (χ2n) is 4.86. The summed E-state index contributed by atoms with van der Waals surface area (Å²) in [6.07, 6.45) is 5.29. The fourth-order valence-electron chi connectivity index (χ4n) is 2.47. The van der Waals surface area contributed by atoms with Gasteiger partial charge in [0, 0.05) is 24.7 Å². The van der Waals surface area contributed by atoms with Crippen LogP contribution in [-0.2, 0) is 9.59 Å². The van der Waals surface area contributed by atoms with E-state index in [-0.39, 0.29) is 37.5 Å². The van der Waals surface area contributed by atoms with Gasteiger partial charge in [0.05, 0.1) is 12.5 Å². The highest BCUT2D eigenvalue weighted by atomic mass is 16.7. The normalized spacial score (nSPS) is 19.5. The van der Waals surface area contributed by atoms with Gasteiger partial charge in [0.15, 0.2) is 11.5 Å². The smallest absolute Gasteiger partial charge is 0.231 e. The zero-order valence-electron chi connectivity index (χ0n) is 11.3. The first-order chi connectivity index (χ1) is 10.2. The summed E-state index contributed by atoms with van der Waals surface area (Å²) in [4.78, 5) is 25.6. The van der Waals surface area contributed by atoms with E-state index in [1.807, 2.05) is 0 Å². The number of amides is 2. The second-order valence-corrected chi connectivity index (χ2v) is 4.86. The zero-order valence-corrected chi connectivity index (χ0v) is 11.3. The van der Waals surface area contributed by atoms with E-state index in [9.17, 15) is 9.59 Å². The van der Waals surface area contributed by atoms with E-state index in [1.165, 1.54) is 0 Å². The Hall–Kier alpha value is -2.68. The Kier molecular flexibility index (Phi) is 3.40. The third kappa shape index (κ3) is 2.50. The van der Waals surface area contributed by atoms with E-state index in [0.717, 1.165) is 0 Å². The number of carbonyl (C=O) groups is 2. The van der Waals surface area contributed by atoms with Gasteiger partial charge in [0.2, 0.25) is 18.6 Å². The lowest BCUT2D eigenvalue weighted by Gasteiger charge is -2.17. The largest absolute Gasteiger partial charge is 0.454 e. The lowest BCUT2D eigenvalue weighted by Crippen LogP contribution is -2.33. The van der Waals surface area contributed by atoms with Crippen LogP contribution in [0.15, 0.2) is 18.2 Å². The molecule has 1 saturated heterocycles. The van der Waals surface area contributed by atoms with Gasteiger partial charge in [0.1, 0.15) is 0 Å². The number of rotatable bonds is 3. The molecule has 0 aliphatic carbocycles. The predicted octanol–water partition coefficient (Wildman–Crippen LogP) is 0.518. The minimum absolute atomic E-state index is 0.0882. The molecule has 0 saturated carbocycles. The van der Waals surface area contributed by atoms with Crippen LogP contribution in [0.25, 0.3) is 0 Å². The van der Waals surface area contributed by atoms with Gasteiger partial charge < -0.3 is 19.7 Å². The maximum atomic E-state index is 12.1. The van der Waals surface area contributed by atoms with E-state index >= 15 is 0 Å². The number of hydrogen-bond donors (Lipinski definition) is 1. The van der Waals surface area contributed by atoms with Gasteiger partial charge in [-0.3, -0.25) is 9.59 Å². The number of nitrogens with one attached hydrogen (secondary N) is 1. The molecule has 0 spiro atoms. The molecule has 1 fully saturated rings. The molecule has 1 N–H and O–H groups in total. The first-order valence-electron chi connectivity index (χ1n) is 6.60. The van der Waals surface area contributed by atoms with Crippen LogP contribution in [0.1, 0.15) is 6.42 Å². The molecule has 0 aromatic heterocycles. The Morgan fingerprint density at radius 1 is 1.43 bits per heavy atom. The van der Waals surface area contributed by atoms with Crippen LogP contribution in [0.2, 0.25) is 0 Å². The lowest BCUT2D eigenvalue weighted by molar-refractivity contribution is -0.126. The molecule has 1 aromatic carbocycles. The minimum atomic E-state index is -0.378. The van der Waals surface area contributed by atoms with Crippen LogP contribution < -0.4 is 19.7 Å². The predicted molar refractivity (Wildman–Crippen MR) is 74.9 cm³/mol. The molecule has 2 heterocycles. The Bertz CT molecular complexity index is 635. The SMILES string of the molecule is C#CCNC(=O)C1CC(=O)N(c2ccc3c(c2)OCO3)C1. The van der Waals surface area contributed by atoms with Crippen molar-refractivity contribution in [1.82, 2.24) is 5.32 Å². The van der Waals surface area contributed by atoms with Crippen LogP contribution in [0.4, 0.5) is 5.69 Å². The van der Waals surface area contributed by atoms with Crippen LogP contribution in [0, 0.1) is 18.3 Å². The topological polar surface area (TPSA) is 67.9 Å². The molecule has 6 heteroatoms. The van der Waals surface area contributed by atoms with Gasteiger partial charge in [-0.15, -0.1) is 6.42 Å². The number of hydrogen-bond acceptors (Lipinski definition) is 4. The minimum Gasteiger partial charge on any atom is -0.454 e. The Morgan fingerprint density at radius 3 is 3.05 bits per heavy atom. The molecule has 6 nitrogen and oxygen atoms in total.